The lowest BCUT2D eigenvalue weighted by Crippen LogP contribution is -2.34. The molecule has 7 heteroatoms. The van der Waals surface area contributed by atoms with Gasteiger partial charge in [-0.2, -0.15) is 0 Å². The maximum absolute atomic E-state index is 12.3. The Morgan fingerprint density at radius 3 is 2.95 bits per heavy atom. The third-order valence-electron chi connectivity index (χ3n) is 2.90. The molecule has 0 bridgehead atoms. The van der Waals surface area contributed by atoms with Crippen molar-refractivity contribution in [3.05, 3.63) is 24.3 Å². The van der Waals surface area contributed by atoms with Gasteiger partial charge >= 0.3 is 0 Å². The first-order valence-electron chi connectivity index (χ1n) is 6.11. The summed E-state index contributed by atoms with van der Waals surface area (Å²) in [5.74, 6) is 0.241. The molecule has 1 aliphatic heterocycles. The summed E-state index contributed by atoms with van der Waals surface area (Å²) >= 11 is 2.89. The van der Waals surface area contributed by atoms with E-state index >= 15 is 0 Å². The van der Waals surface area contributed by atoms with E-state index in [0.29, 0.717) is 5.25 Å². The van der Waals surface area contributed by atoms with Crippen molar-refractivity contribution in [2.45, 2.75) is 23.5 Å². The van der Waals surface area contributed by atoms with Gasteiger partial charge in [0.15, 0.2) is 5.17 Å². The van der Waals surface area contributed by atoms with Gasteiger partial charge in [-0.15, -0.1) is 24.2 Å². The second-order valence-corrected chi connectivity index (χ2v) is 6.88. The van der Waals surface area contributed by atoms with Gasteiger partial charge in [0.25, 0.3) is 0 Å². The Morgan fingerprint density at radius 1 is 1.55 bits per heavy atom. The molecule has 1 heterocycles. The summed E-state index contributed by atoms with van der Waals surface area (Å²) in [6.07, 6.45) is 0.968. The molecule has 0 spiro atoms. The Labute approximate surface area is 133 Å². The van der Waals surface area contributed by atoms with Gasteiger partial charge in [-0.3, -0.25) is 10.2 Å². The summed E-state index contributed by atoms with van der Waals surface area (Å²) < 4.78 is 0. The van der Waals surface area contributed by atoms with Crippen LogP contribution in [-0.2, 0) is 4.79 Å². The number of benzene rings is 1. The van der Waals surface area contributed by atoms with Gasteiger partial charge in [-0.1, -0.05) is 30.8 Å². The van der Waals surface area contributed by atoms with Crippen LogP contribution in [0.15, 0.2) is 29.2 Å². The Balaban J connectivity index is 0.00000200. The molecule has 1 aromatic carbocycles. The number of nitrogens with two attached hydrogens (primary N) is 1. The van der Waals surface area contributed by atoms with Crippen molar-refractivity contribution in [3.63, 3.8) is 0 Å². The number of amidine groups is 1. The lowest BCUT2D eigenvalue weighted by molar-refractivity contribution is -0.116. The number of anilines is 1. The van der Waals surface area contributed by atoms with Crippen molar-refractivity contribution < 1.29 is 4.79 Å². The predicted molar refractivity (Wildman–Crippen MR) is 90.4 cm³/mol. The Morgan fingerprint density at radius 2 is 2.25 bits per heavy atom. The van der Waals surface area contributed by atoms with Crippen molar-refractivity contribution in [1.82, 2.24) is 0 Å². The van der Waals surface area contributed by atoms with Gasteiger partial charge in [-0.05, 0) is 18.6 Å². The fourth-order valence-electron chi connectivity index (χ4n) is 1.96. The molecule has 3 N–H and O–H groups in total. The lowest BCUT2D eigenvalue weighted by Gasteiger charge is -2.22. The van der Waals surface area contributed by atoms with Gasteiger partial charge in [0, 0.05) is 16.7 Å². The van der Waals surface area contributed by atoms with Crippen LogP contribution in [0.3, 0.4) is 0 Å². The second-order valence-electron chi connectivity index (χ2n) is 4.38. The van der Waals surface area contributed by atoms with Gasteiger partial charge in [-0.25, -0.2) is 0 Å². The number of rotatable bonds is 2. The van der Waals surface area contributed by atoms with Crippen LogP contribution < -0.4 is 10.6 Å². The molecule has 0 radical (unpaired) electrons. The van der Waals surface area contributed by atoms with Crippen LogP contribution in [0, 0.1) is 5.41 Å². The third kappa shape index (κ3) is 4.33. The number of amides is 1. The monoisotopic (exact) mass is 331 g/mol. The van der Waals surface area contributed by atoms with E-state index in [1.165, 1.54) is 0 Å². The zero-order chi connectivity index (χ0) is 13.8. The molecule has 1 amide bonds. The average molecular weight is 332 g/mol. The van der Waals surface area contributed by atoms with Gasteiger partial charge < -0.3 is 10.6 Å². The summed E-state index contributed by atoms with van der Waals surface area (Å²) in [7, 11) is 0. The highest BCUT2D eigenvalue weighted by molar-refractivity contribution is 8.14. The summed E-state index contributed by atoms with van der Waals surface area (Å²) in [4.78, 5) is 15.2. The maximum Gasteiger partial charge on any atom is 0.237 e. The van der Waals surface area contributed by atoms with E-state index in [9.17, 15) is 4.79 Å². The number of carbonyl (C=O) groups is 1. The number of nitrogens with one attached hydrogen (secondary N) is 1. The number of fused-ring (bicyclic) bond motifs is 1. The third-order valence-corrected chi connectivity index (χ3v) is 4.84. The van der Waals surface area contributed by atoms with Crippen LogP contribution in [-0.4, -0.2) is 28.6 Å². The Kier molecular flexibility index (Phi) is 6.71. The number of thioether (sulfide) groups is 2. The van der Waals surface area contributed by atoms with Crippen molar-refractivity contribution in [3.8, 4) is 0 Å². The van der Waals surface area contributed by atoms with Crippen LogP contribution in [0.4, 0.5) is 5.69 Å². The number of hydrogen-bond acceptors (Lipinski definition) is 4. The minimum atomic E-state index is -0.0146. The molecule has 0 fully saturated rings. The maximum atomic E-state index is 12.3. The number of nitrogens with zero attached hydrogens (tertiary/aromatic N) is 1. The highest BCUT2D eigenvalue weighted by atomic mass is 35.5. The first-order chi connectivity index (χ1) is 9.08. The molecule has 0 saturated carbocycles. The summed E-state index contributed by atoms with van der Waals surface area (Å²) in [6, 6.07) is 7.99. The van der Waals surface area contributed by atoms with Gasteiger partial charge in [0.2, 0.25) is 5.91 Å². The molecule has 110 valence electrons. The predicted octanol–water partition coefficient (Wildman–Crippen LogP) is 2.95. The topological polar surface area (TPSA) is 70.2 Å². The zero-order valence-corrected chi connectivity index (χ0v) is 13.6. The van der Waals surface area contributed by atoms with E-state index in [1.807, 2.05) is 34.9 Å². The van der Waals surface area contributed by atoms with Gasteiger partial charge in [0.05, 0.1) is 11.4 Å². The van der Waals surface area contributed by atoms with E-state index in [4.69, 9.17) is 11.1 Å². The Bertz CT molecular complexity index is 498. The normalized spacial score (nSPS) is 17.6. The Hall–Kier alpha value is -0.850. The molecule has 0 aromatic heterocycles. The largest absolute Gasteiger partial charge is 0.379 e. The van der Waals surface area contributed by atoms with E-state index in [-0.39, 0.29) is 29.2 Å². The fraction of sp³-hybridized carbons (Fsp3) is 0.385. The minimum absolute atomic E-state index is 0. The lowest BCUT2D eigenvalue weighted by atomic mass is 10.2. The smallest absolute Gasteiger partial charge is 0.237 e. The standard InChI is InChI=1S/C13H17N3OS2.ClH/c1-9-6-7-16(12(17)8-18-13(14)15)10-4-2-3-5-11(10)19-9;/h2-5,9H,6-8H2,1H3,(H3,14,15);1H. The van der Waals surface area contributed by atoms with E-state index in [0.717, 1.165) is 35.3 Å². The van der Waals surface area contributed by atoms with Crippen LogP contribution in [0.5, 0.6) is 0 Å². The van der Waals surface area contributed by atoms with Crippen LogP contribution in [0.2, 0.25) is 0 Å². The average Bonchev–Trinajstić information content (AvgIpc) is 2.54. The van der Waals surface area contributed by atoms with Gasteiger partial charge in [0.1, 0.15) is 0 Å². The number of halogens is 1. The first-order valence-corrected chi connectivity index (χ1v) is 7.97. The number of carbonyl (C=O) groups excluding carboxylic acids is 1. The highest BCUT2D eigenvalue weighted by Gasteiger charge is 2.23. The van der Waals surface area contributed by atoms with E-state index in [1.54, 1.807) is 0 Å². The zero-order valence-electron chi connectivity index (χ0n) is 11.2. The van der Waals surface area contributed by atoms with Crippen LogP contribution in [0.25, 0.3) is 0 Å². The molecule has 4 nitrogen and oxygen atoms in total. The minimum Gasteiger partial charge on any atom is -0.379 e. The molecule has 0 saturated heterocycles. The van der Waals surface area contributed by atoms with E-state index in [2.05, 4.69) is 13.0 Å². The first kappa shape index (κ1) is 17.2. The fourth-order valence-corrected chi connectivity index (χ4v) is 3.51. The summed E-state index contributed by atoms with van der Waals surface area (Å²) in [5, 5.41) is 7.67. The summed E-state index contributed by atoms with van der Waals surface area (Å²) in [6.45, 7) is 2.90. The highest BCUT2D eigenvalue weighted by Crippen LogP contribution is 2.37. The van der Waals surface area contributed by atoms with Crippen LogP contribution >= 0.6 is 35.9 Å². The van der Waals surface area contributed by atoms with Crippen molar-refractivity contribution in [1.29, 1.82) is 5.41 Å². The molecule has 20 heavy (non-hydrogen) atoms. The van der Waals surface area contributed by atoms with Crippen molar-refractivity contribution in [2.24, 2.45) is 5.73 Å². The number of hydrogen-bond donors (Lipinski definition) is 2. The molecule has 1 aromatic rings. The van der Waals surface area contributed by atoms with Crippen LogP contribution in [0.1, 0.15) is 13.3 Å². The molecule has 1 unspecified atom stereocenters. The summed E-state index contributed by atoms with van der Waals surface area (Å²) in [5.41, 5.74) is 6.27. The van der Waals surface area contributed by atoms with Crippen molar-refractivity contribution >= 4 is 52.7 Å². The molecule has 1 aliphatic rings. The van der Waals surface area contributed by atoms with E-state index < -0.39 is 0 Å². The molecular formula is C13H18ClN3OS2. The molecular weight excluding hydrogens is 314 g/mol. The molecule has 0 aliphatic carbocycles. The molecule has 2 rings (SSSR count). The van der Waals surface area contributed by atoms with Crippen molar-refractivity contribution in [2.75, 3.05) is 17.2 Å². The SMILES string of the molecule is CC1CCN(C(=O)CSC(=N)N)c2ccccc2S1.Cl. The molecule has 1 atom stereocenters. The quantitative estimate of drug-likeness (QED) is 0.645. The number of para-hydroxylation sites is 1. The second kappa shape index (κ2) is 7.81.